The molecule has 0 bridgehead atoms. The van der Waals surface area contributed by atoms with Gasteiger partial charge in [-0.2, -0.15) is 0 Å². The molecule has 164 valence electrons. The van der Waals surface area contributed by atoms with E-state index in [0.29, 0.717) is 42.5 Å². The molecule has 9 heteroatoms. The van der Waals surface area contributed by atoms with Crippen LogP contribution in [0.1, 0.15) is 29.4 Å². The summed E-state index contributed by atoms with van der Waals surface area (Å²) in [5, 5.41) is 0.667. The Balaban J connectivity index is 1.38. The van der Waals surface area contributed by atoms with Crippen molar-refractivity contribution < 1.29 is 9.18 Å². The number of hydrogen-bond acceptors (Lipinski definition) is 4. The summed E-state index contributed by atoms with van der Waals surface area (Å²) >= 11 is 1.43. The molecule has 1 aliphatic heterocycles. The molecule has 3 heterocycles. The van der Waals surface area contributed by atoms with Gasteiger partial charge in [0.2, 0.25) is 0 Å². The van der Waals surface area contributed by atoms with Crippen LogP contribution in [0.15, 0.2) is 64.7 Å². The summed E-state index contributed by atoms with van der Waals surface area (Å²) in [7, 11) is 0. The summed E-state index contributed by atoms with van der Waals surface area (Å²) in [6, 6.07) is 13.7. The number of rotatable bonds is 4. The fourth-order valence-corrected chi connectivity index (χ4v) is 4.94. The minimum atomic E-state index is -0.331. The van der Waals surface area contributed by atoms with Crippen molar-refractivity contribution in [1.82, 2.24) is 24.0 Å². The summed E-state index contributed by atoms with van der Waals surface area (Å²) < 4.78 is 17.0. The van der Waals surface area contributed by atoms with E-state index >= 15 is 0 Å². The number of imidazole rings is 2. The van der Waals surface area contributed by atoms with Crippen LogP contribution in [-0.4, -0.2) is 49.3 Å². The molecule has 5 rings (SSSR count). The molecule has 1 fully saturated rings. The van der Waals surface area contributed by atoms with Crippen molar-refractivity contribution >= 4 is 28.7 Å². The van der Waals surface area contributed by atoms with Gasteiger partial charge in [0.05, 0.1) is 17.2 Å². The summed E-state index contributed by atoms with van der Waals surface area (Å²) in [6.45, 7) is 1.08. The Hall–Kier alpha value is -3.33. The van der Waals surface area contributed by atoms with Crippen molar-refractivity contribution in [3.8, 4) is 5.69 Å². The molecule has 1 amide bonds. The van der Waals surface area contributed by atoms with Crippen molar-refractivity contribution in [2.24, 2.45) is 0 Å². The van der Waals surface area contributed by atoms with Gasteiger partial charge in [-0.3, -0.25) is 13.9 Å². The van der Waals surface area contributed by atoms with Gasteiger partial charge in [0.25, 0.3) is 5.91 Å². The van der Waals surface area contributed by atoms with E-state index in [0.717, 1.165) is 11.0 Å². The molecule has 2 aromatic carbocycles. The second-order valence-corrected chi connectivity index (χ2v) is 8.56. The third-order valence-corrected chi connectivity index (χ3v) is 6.61. The molecular weight excluding hydrogens is 429 g/mol. The number of halogens is 1. The monoisotopic (exact) mass is 451 g/mol. The SMILES string of the molecule is CSc1ncc(C(=O)N2CCC(n3c(=O)[nH]c4ccccc43)CC2)n1-c1ccc(F)cc1. The molecule has 0 saturated carbocycles. The predicted octanol–water partition coefficient (Wildman–Crippen LogP) is 3.85. The maximum Gasteiger partial charge on any atom is 0.326 e. The van der Waals surface area contributed by atoms with Crippen LogP contribution in [0.4, 0.5) is 4.39 Å². The van der Waals surface area contributed by atoms with Crippen LogP contribution in [0.5, 0.6) is 0 Å². The molecule has 0 aliphatic carbocycles. The molecule has 1 saturated heterocycles. The zero-order chi connectivity index (χ0) is 22.2. The molecule has 0 radical (unpaired) electrons. The fourth-order valence-electron chi connectivity index (χ4n) is 4.40. The normalized spacial score (nSPS) is 14.9. The summed E-state index contributed by atoms with van der Waals surface area (Å²) in [5.41, 5.74) is 2.74. The largest absolute Gasteiger partial charge is 0.337 e. The van der Waals surface area contributed by atoms with Crippen LogP contribution >= 0.6 is 11.8 Å². The number of H-pyrrole nitrogens is 1. The zero-order valence-electron chi connectivity index (χ0n) is 17.5. The van der Waals surface area contributed by atoms with E-state index in [-0.39, 0.29) is 23.5 Å². The van der Waals surface area contributed by atoms with E-state index in [1.54, 1.807) is 27.8 Å². The number of benzene rings is 2. The number of fused-ring (bicyclic) bond motifs is 1. The number of piperidine rings is 1. The van der Waals surface area contributed by atoms with Crippen molar-refractivity contribution in [2.75, 3.05) is 19.3 Å². The summed E-state index contributed by atoms with van der Waals surface area (Å²) in [6.07, 6.45) is 4.84. The average molecular weight is 452 g/mol. The third-order valence-electron chi connectivity index (χ3n) is 5.96. The lowest BCUT2D eigenvalue weighted by Crippen LogP contribution is -2.41. The highest BCUT2D eigenvalue weighted by molar-refractivity contribution is 7.98. The van der Waals surface area contributed by atoms with Gasteiger partial charge in [0, 0.05) is 24.8 Å². The van der Waals surface area contributed by atoms with E-state index in [1.807, 2.05) is 35.1 Å². The maximum atomic E-state index is 13.4. The standard InChI is InChI=1S/C23H22FN5O2S/c1-32-23-25-14-20(29(23)16-8-6-15(24)7-9-16)21(30)27-12-10-17(11-13-27)28-19-5-3-2-4-18(19)26-22(28)31/h2-9,14,17H,10-13H2,1H3,(H,26,31). The van der Waals surface area contributed by atoms with E-state index < -0.39 is 0 Å². The van der Waals surface area contributed by atoms with Gasteiger partial charge in [0.15, 0.2) is 5.16 Å². The van der Waals surface area contributed by atoms with Gasteiger partial charge >= 0.3 is 5.69 Å². The molecule has 1 N–H and O–H groups in total. The number of nitrogens with zero attached hydrogens (tertiary/aromatic N) is 4. The Kier molecular flexibility index (Phi) is 5.34. The molecule has 0 unspecified atom stereocenters. The lowest BCUT2D eigenvalue weighted by Gasteiger charge is -2.32. The summed E-state index contributed by atoms with van der Waals surface area (Å²) in [4.78, 5) is 35.0. The van der Waals surface area contributed by atoms with E-state index in [1.165, 1.54) is 23.9 Å². The average Bonchev–Trinajstić information content (AvgIpc) is 3.39. The number of aromatic nitrogens is 4. The second kappa shape index (κ2) is 8.31. The molecular formula is C23H22FN5O2S. The Labute approximate surface area is 187 Å². The van der Waals surface area contributed by atoms with Gasteiger partial charge in [-0.15, -0.1) is 0 Å². The number of amides is 1. The highest BCUT2D eigenvalue weighted by atomic mass is 32.2. The van der Waals surface area contributed by atoms with Crippen molar-refractivity contribution in [1.29, 1.82) is 0 Å². The van der Waals surface area contributed by atoms with E-state index in [9.17, 15) is 14.0 Å². The van der Waals surface area contributed by atoms with Crippen LogP contribution in [0.25, 0.3) is 16.7 Å². The van der Waals surface area contributed by atoms with Crippen LogP contribution in [0, 0.1) is 5.82 Å². The first-order chi connectivity index (χ1) is 15.6. The highest BCUT2D eigenvalue weighted by Gasteiger charge is 2.29. The number of carbonyl (C=O) groups is 1. The molecule has 4 aromatic rings. The van der Waals surface area contributed by atoms with E-state index in [4.69, 9.17) is 0 Å². The fraction of sp³-hybridized carbons (Fsp3) is 0.261. The van der Waals surface area contributed by atoms with Crippen LogP contribution in [0.2, 0.25) is 0 Å². The Morgan fingerprint density at radius 2 is 1.84 bits per heavy atom. The highest BCUT2D eigenvalue weighted by Crippen LogP contribution is 2.27. The molecule has 7 nitrogen and oxygen atoms in total. The number of nitrogens with one attached hydrogen (secondary N) is 1. The quantitative estimate of drug-likeness (QED) is 0.478. The minimum Gasteiger partial charge on any atom is -0.337 e. The number of carbonyl (C=O) groups excluding carboxylic acids is 1. The molecule has 32 heavy (non-hydrogen) atoms. The second-order valence-electron chi connectivity index (χ2n) is 7.78. The number of hydrogen-bond donors (Lipinski definition) is 1. The van der Waals surface area contributed by atoms with Gasteiger partial charge in [-0.05, 0) is 55.5 Å². The first-order valence-corrected chi connectivity index (χ1v) is 11.7. The lowest BCUT2D eigenvalue weighted by atomic mass is 10.0. The molecule has 0 atom stereocenters. The first kappa shape index (κ1) is 20.6. The number of aromatic amines is 1. The van der Waals surface area contributed by atoms with Crippen molar-refractivity contribution in [3.05, 3.63) is 76.7 Å². The molecule has 2 aromatic heterocycles. The van der Waals surface area contributed by atoms with Crippen LogP contribution in [-0.2, 0) is 0 Å². The third kappa shape index (κ3) is 3.52. The van der Waals surface area contributed by atoms with Crippen LogP contribution < -0.4 is 5.69 Å². The topological polar surface area (TPSA) is 75.9 Å². The van der Waals surface area contributed by atoms with Crippen LogP contribution in [0.3, 0.4) is 0 Å². The van der Waals surface area contributed by atoms with Gasteiger partial charge in [0.1, 0.15) is 11.5 Å². The maximum absolute atomic E-state index is 13.4. The summed E-state index contributed by atoms with van der Waals surface area (Å²) in [5.74, 6) is -0.450. The molecule has 1 aliphatic rings. The number of likely N-dealkylation sites (tertiary alicyclic amines) is 1. The predicted molar refractivity (Wildman–Crippen MR) is 122 cm³/mol. The van der Waals surface area contributed by atoms with Gasteiger partial charge < -0.3 is 9.88 Å². The van der Waals surface area contributed by atoms with Gasteiger partial charge in [-0.1, -0.05) is 23.9 Å². The Bertz CT molecular complexity index is 1330. The Morgan fingerprint density at radius 3 is 2.56 bits per heavy atom. The van der Waals surface area contributed by atoms with E-state index in [2.05, 4.69) is 9.97 Å². The minimum absolute atomic E-state index is 0.0338. The van der Waals surface area contributed by atoms with Crippen molar-refractivity contribution in [2.45, 2.75) is 24.0 Å². The van der Waals surface area contributed by atoms with Gasteiger partial charge in [-0.25, -0.2) is 14.2 Å². The van der Waals surface area contributed by atoms with Crippen molar-refractivity contribution in [3.63, 3.8) is 0 Å². The lowest BCUT2D eigenvalue weighted by molar-refractivity contribution is 0.0686. The number of thioether (sulfide) groups is 1. The smallest absolute Gasteiger partial charge is 0.326 e. The molecule has 0 spiro atoms. The Morgan fingerprint density at radius 1 is 1.12 bits per heavy atom. The number of para-hydroxylation sites is 2. The first-order valence-electron chi connectivity index (χ1n) is 10.4. The zero-order valence-corrected chi connectivity index (χ0v) is 18.3.